The van der Waals surface area contributed by atoms with Crippen LogP contribution in [-0.4, -0.2) is 36.1 Å². The summed E-state index contributed by atoms with van der Waals surface area (Å²) < 4.78 is 0. The van der Waals surface area contributed by atoms with Crippen LogP contribution in [0.1, 0.15) is 51.9 Å². The monoisotopic (exact) mass is 222 g/mol. The van der Waals surface area contributed by atoms with E-state index >= 15 is 0 Å². The fraction of sp³-hybridized carbons (Fsp3) is 1.00. The number of nitrogens with zero attached hydrogens (tertiary/aromatic N) is 1. The highest BCUT2D eigenvalue weighted by Gasteiger charge is 2.37. The zero-order valence-electron chi connectivity index (χ0n) is 10.6. The molecule has 0 spiro atoms. The highest BCUT2D eigenvalue weighted by atomic mass is 15.2. The predicted octanol–water partition coefficient (Wildman–Crippen LogP) is 2.39. The quantitative estimate of drug-likeness (QED) is 0.678. The second kappa shape index (κ2) is 4.66. The van der Waals surface area contributed by atoms with E-state index < -0.39 is 0 Å². The van der Waals surface area contributed by atoms with Crippen molar-refractivity contribution in [2.45, 2.75) is 70.0 Å². The molecule has 1 unspecified atom stereocenters. The lowest BCUT2D eigenvalue weighted by Crippen LogP contribution is -2.44. The SMILES string of the molecule is CCC(CNC1CC1)N(CC1CC1)C1CC1. The molecule has 3 saturated carbocycles. The van der Waals surface area contributed by atoms with Gasteiger partial charge in [-0.25, -0.2) is 0 Å². The molecule has 0 aromatic rings. The van der Waals surface area contributed by atoms with Crippen LogP contribution in [0.5, 0.6) is 0 Å². The number of hydrogen-bond donors (Lipinski definition) is 1. The van der Waals surface area contributed by atoms with Gasteiger partial charge >= 0.3 is 0 Å². The van der Waals surface area contributed by atoms with Crippen LogP contribution in [0, 0.1) is 5.92 Å². The second-order valence-corrected chi connectivity index (χ2v) is 6.12. The van der Waals surface area contributed by atoms with E-state index in [0.29, 0.717) is 0 Å². The number of rotatable bonds is 8. The Morgan fingerprint density at radius 2 is 1.88 bits per heavy atom. The van der Waals surface area contributed by atoms with Crippen molar-refractivity contribution in [2.24, 2.45) is 5.92 Å². The van der Waals surface area contributed by atoms with Crippen molar-refractivity contribution in [3.05, 3.63) is 0 Å². The van der Waals surface area contributed by atoms with Gasteiger partial charge in [-0.2, -0.15) is 0 Å². The molecule has 16 heavy (non-hydrogen) atoms. The Morgan fingerprint density at radius 3 is 2.38 bits per heavy atom. The lowest BCUT2D eigenvalue weighted by atomic mass is 10.1. The van der Waals surface area contributed by atoms with Gasteiger partial charge in [-0.05, 0) is 50.9 Å². The van der Waals surface area contributed by atoms with Crippen molar-refractivity contribution < 1.29 is 0 Å². The van der Waals surface area contributed by atoms with Gasteiger partial charge in [0.2, 0.25) is 0 Å². The highest BCUT2D eigenvalue weighted by molar-refractivity contribution is 4.93. The first-order valence-corrected chi connectivity index (χ1v) is 7.36. The van der Waals surface area contributed by atoms with Gasteiger partial charge < -0.3 is 5.32 Å². The summed E-state index contributed by atoms with van der Waals surface area (Å²) in [6.45, 7) is 5.00. The van der Waals surface area contributed by atoms with Crippen molar-refractivity contribution in [3.8, 4) is 0 Å². The molecule has 1 atom stereocenters. The van der Waals surface area contributed by atoms with E-state index in [4.69, 9.17) is 0 Å². The van der Waals surface area contributed by atoms with Crippen LogP contribution < -0.4 is 5.32 Å². The van der Waals surface area contributed by atoms with Crippen molar-refractivity contribution in [3.63, 3.8) is 0 Å². The summed E-state index contributed by atoms with van der Waals surface area (Å²) in [5.74, 6) is 1.05. The molecule has 0 aromatic heterocycles. The highest BCUT2D eigenvalue weighted by Crippen LogP contribution is 2.36. The molecular weight excluding hydrogens is 196 g/mol. The van der Waals surface area contributed by atoms with Crippen LogP contribution in [0.4, 0.5) is 0 Å². The molecule has 3 aliphatic rings. The van der Waals surface area contributed by atoms with E-state index in [9.17, 15) is 0 Å². The Bertz CT molecular complexity index is 229. The van der Waals surface area contributed by atoms with E-state index in [0.717, 1.165) is 24.0 Å². The molecule has 92 valence electrons. The van der Waals surface area contributed by atoms with Gasteiger partial charge in [0.05, 0.1) is 0 Å². The van der Waals surface area contributed by atoms with Gasteiger partial charge in [0.1, 0.15) is 0 Å². The lowest BCUT2D eigenvalue weighted by Gasteiger charge is -2.31. The molecule has 3 rings (SSSR count). The van der Waals surface area contributed by atoms with Crippen LogP contribution in [0.3, 0.4) is 0 Å². The Balaban J connectivity index is 1.50. The maximum Gasteiger partial charge on any atom is 0.0221 e. The topological polar surface area (TPSA) is 15.3 Å². The van der Waals surface area contributed by atoms with Crippen molar-refractivity contribution in [1.29, 1.82) is 0 Å². The Labute approximate surface area is 99.8 Å². The summed E-state index contributed by atoms with van der Waals surface area (Å²) in [4.78, 5) is 2.84. The Hall–Kier alpha value is -0.0800. The first-order chi connectivity index (χ1) is 7.86. The van der Waals surface area contributed by atoms with Crippen molar-refractivity contribution in [1.82, 2.24) is 10.2 Å². The molecule has 3 fully saturated rings. The fourth-order valence-electron chi connectivity index (χ4n) is 2.69. The number of hydrogen-bond acceptors (Lipinski definition) is 2. The minimum Gasteiger partial charge on any atom is -0.312 e. The zero-order chi connectivity index (χ0) is 11.0. The molecule has 0 aromatic carbocycles. The minimum atomic E-state index is 0.814. The zero-order valence-corrected chi connectivity index (χ0v) is 10.6. The van der Waals surface area contributed by atoms with Crippen molar-refractivity contribution in [2.75, 3.05) is 13.1 Å². The van der Waals surface area contributed by atoms with Crippen LogP contribution >= 0.6 is 0 Å². The summed E-state index contributed by atoms with van der Waals surface area (Å²) in [6, 6.07) is 2.64. The third-order valence-electron chi connectivity index (χ3n) is 4.34. The molecule has 2 heteroatoms. The van der Waals surface area contributed by atoms with Gasteiger partial charge in [-0.3, -0.25) is 4.90 Å². The van der Waals surface area contributed by atoms with Gasteiger partial charge in [0.25, 0.3) is 0 Å². The molecule has 0 aliphatic heterocycles. The maximum absolute atomic E-state index is 3.72. The first-order valence-electron chi connectivity index (χ1n) is 7.36. The summed E-state index contributed by atoms with van der Waals surface area (Å²) in [6.07, 6.45) is 10.1. The third-order valence-corrected chi connectivity index (χ3v) is 4.34. The molecule has 0 radical (unpaired) electrons. The third kappa shape index (κ3) is 2.98. The normalized spacial score (nSPS) is 27.4. The molecule has 0 heterocycles. The largest absolute Gasteiger partial charge is 0.312 e. The minimum absolute atomic E-state index is 0.814. The van der Waals surface area contributed by atoms with Crippen LogP contribution in [0.25, 0.3) is 0 Å². The van der Waals surface area contributed by atoms with Gasteiger partial charge in [-0.15, -0.1) is 0 Å². The summed E-state index contributed by atoms with van der Waals surface area (Å²) >= 11 is 0. The predicted molar refractivity (Wildman–Crippen MR) is 67.6 cm³/mol. The van der Waals surface area contributed by atoms with Gasteiger partial charge in [0, 0.05) is 31.2 Å². The van der Waals surface area contributed by atoms with E-state index in [2.05, 4.69) is 17.1 Å². The maximum atomic E-state index is 3.72. The number of nitrogens with one attached hydrogen (secondary N) is 1. The van der Waals surface area contributed by atoms with Crippen LogP contribution in [-0.2, 0) is 0 Å². The van der Waals surface area contributed by atoms with Crippen molar-refractivity contribution >= 4 is 0 Å². The lowest BCUT2D eigenvalue weighted by molar-refractivity contribution is 0.169. The smallest absolute Gasteiger partial charge is 0.0221 e. The Kier molecular flexibility index (Phi) is 3.21. The first kappa shape index (κ1) is 11.0. The summed E-state index contributed by atoms with van der Waals surface area (Å²) in [7, 11) is 0. The average molecular weight is 222 g/mol. The average Bonchev–Trinajstić information content (AvgIpc) is 3.14. The standard InChI is InChI=1S/C14H26N2/c1-2-13(9-15-12-5-6-12)16(14-7-8-14)10-11-3-4-11/h11-15H,2-10H2,1H3. The molecule has 0 saturated heterocycles. The van der Waals surface area contributed by atoms with E-state index in [1.807, 2.05) is 0 Å². The van der Waals surface area contributed by atoms with E-state index in [1.54, 1.807) is 0 Å². The molecule has 1 N–H and O–H groups in total. The fourth-order valence-corrected chi connectivity index (χ4v) is 2.69. The summed E-state index contributed by atoms with van der Waals surface area (Å²) in [5, 5.41) is 3.72. The molecule has 0 bridgehead atoms. The van der Waals surface area contributed by atoms with Gasteiger partial charge in [0.15, 0.2) is 0 Å². The summed E-state index contributed by atoms with van der Waals surface area (Å²) in [5.41, 5.74) is 0. The molecule has 2 nitrogen and oxygen atoms in total. The van der Waals surface area contributed by atoms with E-state index in [1.165, 1.54) is 58.0 Å². The van der Waals surface area contributed by atoms with Gasteiger partial charge in [-0.1, -0.05) is 6.92 Å². The molecule has 0 amide bonds. The molecular formula is C14H26N2. The van der Waals surface area contributed by atoms with E-state index in [-0.39, 0.29) is 0 Å². The Morgan fingerprint density at radius 1 is 1.12 bits per heavy atom. The molecule has 3 aliphatic carbocycles. The van der Waals surface area contributed by atoms with Crippen LogP contribution in [0.15, 0.2) is 0 Å². The van der Waals surface area contributed by atoms with Crippen LogP contribution in [0.2, 0.25) is 0 Å². The second-order valence-electron chi connectivity index (χ2n) is 6.12.